The number of rotatable bonds is 5. The van der Waals surface area contributed by atoms with Crippen molar-refractivity contribution in [1.82, 2.24) is 19.5 Å². The molecule has 1 aliphatic rings. The summed E-state index contributed by atoms with van der Waals surface area (Å²) in [4.78, 5) is 30.3. The third-order valence-electron chi connectivity index (χ3n) is 3.13. The van der Waals surface area contributed by atoms with Gasteiger partial charge in [-0.3, -0.25) is 0 Å². The first-order valence-corrected chi connectivity index (χ1v) is 9.02. The summed E-state index contributed by atoms with van der Waals surface area (Å²) < 4.78 is 12.3. The molecular weight excluding hydrogens is 329 g/mol. The standard InChI is InChI=1S/C11H14N5O4PS/c12-10-9-11(14-5-13-10)16(6-15-9)3-7-1-2-8(20-7)4-19-21(17,18)22/h2,5-7H,1,3-4H2,(H2,12,13,14)(H2,17,18,22). The van der Waals surface area contributed by atoms with Crippen LogP contribution in [0, 0.1) is 0 Å². The van der Waals surface area contributed by atoms with Gasteiger partial charge in [0.05, 0.1) is 12.9 Å². The van der Waals surface area contributed by atoms with Crippen molar-refractivity contribution in [1.29, 1.82) is 0 Å². The molecule has 2 aromatic rings. The molecule has 0 fully saturated rings. The van der Waals surface area contributed by atoms with Gasteiger partial charge in [-0.1, -0.05) is 0 Å². The first kappa shape index (κ1) is 15.3. The van der Waals surface area contributed by atoms with E-state index in [1.807, 2.05) is 10.6 Å². The molecule has 0 spiro atoms. The summed E-state index contributed by atoms with van der Waals surface area (Å²) in [5.41, 5.74) is 6.94. The maximum atomic E-state index is 9.03. The Morgan fingerprint density at radius 3 is 3.05 bits per heavy atom. The highest BCUT2D eigenvalue weighted by Gasteiger charge is 2.21. The van der Waals surface area contributed by atoms with Gasteiger partial charge in [0.2, 0.25) is 0 Å². The van der Waals surface area contributed by atoms with Gasteiger partial charge >= 0.3 is 6.72 Å². The Morgan fingerprint density at radius 1 is 1.45 bits per heavy atom. The molecule has 22 heavy (non-hydrogen) atoms. The molecule has 9 nitrogen and oxygen atoms in total. The third-order valence-corrected chi connectivity index (χ3v) is 3.91. The van der Waals surface area contributed by atoms with E-state index >= 15 is 0 Å². The zero-order chi connectivity index (χ0) is 15.7. The van der Waals surface area contributed by atoms with Crippen LogP contribution in [0.5, 0.6) is 0 Å². The van der Waals surface area contributed by atoms with Crippen molar-refractivity contribution in [3.05, 3.63) is 24.5 Å². The molecule has 2 aromatic heterocycles. The number of nitrogen functional groups attached to an aromatic ring is 1. The second kappa shape index (κ2) is 5.90. The fourth-order valence-corrected chi connectivity index (χ4v) is 2.63. The number of hydrogen-bond acceptors (Lipinski definition) is 7. The Bertz CT molecular complexity index is 773. The predicted molar refractivity (Wildman–Crippen MR) is 82.0 cm³/mol. The molecule has 3 rings (SSSR count). The van der Waals surface area contributed by atoms with E-state index in [1.54, 1.807) is 6.33 Å². The molecule has 0 aromatic carbocycles. The number of nitrogens with two attached hydrogens (primary N) is 1. The number of fused-ring (bicyclic) bond motifs is 1. The van der Waals surface area contributed by atoms with Crippen LogP contribution in [0.15, 0.2) is 24.5 Å². The largest absolute Gasteiger partial charge is 0.490 e. The van der Waals surface area contributed by atoms with Crippen molar-refractivity contribution in [3.8, 4) is 0 Å². The van der Waals surface area contributed by atoms with Gasteiger partial charge in [-0.25, -0.2) is 15.0 Å². The predicted octanol–water partition coefficient (Wildman–Crippen LogP) is 0.307. The fourth-order valence-electron chi connectivity index (χ4n) is 2.18. The lowest BCUT2D eigenvalue weighted by molar-refractivity contribution is 0.102. The monoisotopic (exact) mass is 343 g/mol. The summed E-state index contributed by atoms with van der Waals surface area (Å²) in [7, 11) is 0. The van der Waals surface area contributed by atoms with Crippen LogP contribution in [0.25, 0.3) is 11.2 Å². The van der Waals surface area contributed by atoms with Crippen LogP contribution in [0.2, 0.25) is 0 Å². The summed E-state index contributed by atoms with van der Waals surface area (Å²) in [6.45, 7) is -3.19. The second-order valence-corrected chi connectivity index (χ2v) is 7.40. The van der Waals surface area contributed by atoms with Gasteiger partial charge in [-0.2, -0.15) is 0 Å². The number of nitrogens with zero attached hydrogens (tertiary/aromatic N) is 4. The first-order chi connectivity index (χ1) is 10.4. The van der Waals surface area contributed by atoms with Crippen LogP contribution >= 0.6 is 6.72 Å². The van der Waals surface area contributed by atoms with Crippen LogP contribution in [0.1, 0.15) is 6.42 Å². The number of imidazole rings is 1. The molecule has 1 atom stereocenters. The maximum absolute atomic E-state index is 9.03. The van der Waals surface area contributed by atoms with Crippen molar-refractivity contribution >= 4 is 35.5 Å². The highest BCUT2D eigenvalue weighted by Crippen LogP contribution is 2.37. The topological polar surface area (TPSA) is 129 Å². The van der Waals surface area contributed by atoms with Crippen molar-refractivity contribution < 1.29 is 19.0 Å². The van der Waals surface area contributed by atoms with E-state index in [1.165, 1.54) is 6.33 Å². The van der Waals surface area contributed by atoms with Crippen LogP contribution in [-0.2, 0) is 27.6 Å². The van der Waals surface area contributed by atoms with E-state index in [0.717, 1.165) is 0 Å². The smallest absolute Gasteiger partial charge is 0.322 e. The quantitative estimate of drug-likeness (QED) is 0.657. The molecule has 0 radical (unpaired) electrons. The van der Waals surface area contributed by atoms with E-state index in [4.69, 9.17) is 24.8 Å². The van der Waals surface area contributed by atoms with E-state index in [9.17, 15) is 0 Å². The van der Waals surface area contributed by atoms with Gasteiger partial charge in [-0.15, -0.1) is 0 Å². The second-order valence-electron chi connectivity index (χ2n) is 4.74. The summed E-state index contributed by atoms with van der Waals surface area (Å²) in [6, 6.07) is 0. The average molecular weight is 343 g/mol. The molecule has 0 bridgehead atoms. The van der Waals surface area contributed by atoms with Gasteiger partial charge in [-0.05, 0) is 17.9 Å². The number of aromatic nitrogens is 4. The van der Waals surface area contributed by atoms with E-state index in [0.29, 0.717) is 35.7 Å². The van der Waals surface area contributed by atoms with E-state index < -0.39 is 6.72 Å². The SMILES string of the molecule is Nc1ncnc2c1ncn2CC1CC=C(COP(O)(O)=S)O1. The molecule has 11 heteroatoms. The Kier molecular flexibility index (Phi) is 4.11. The minimum absolute atomic E-state index is 0.0550. The van der Waals surface area contributed by atoms with Crippen LogP contribution in [-0.4, -0.2) is 42.0 Å². The summed E-state index contributed by atoms with van der Waals surface area (Å²) in [5.74, 6) is 0.862. The van der Waals surface area contributed by atoms with Crippen LogP contribution < -0.4 is 5.73 Å². The first-order valence-electron chi connectivity index (χ1n) is 6.39. The molecular formula is C11H14N5O4PS. The Balaban J connectivity index is 1.63. The Labute approximate surface area is 130 Å². The molecule has 0 aliphatic carbocycles. The maximum Gasteiger partial charge on any atom is 0.322 e. The molecule has 4 N–H and O–H groups in total. The molecule has 0 saturated carbocycles. The van der Waals surface area contributed by atoms with Gasteiger partial charge in [0.1, 0.15) is 30.3 Å². The van der Waals surface area contributed by atoms with Crippen molar-refractivity contribution in [2.45, 2.75) is 19.1 Å². The normalized spacial score (nSPS) is 18.5. The number of ether oxygens (including phenoxy) is 1. The highest BCUT2D eigenvalue weighted by molar-refractivity contribution is 8.06. The zero-order valence-corrected chi connectivity index (χ0v) is 13.1. The number of hydrogen-bond donors (Lipinski definition) is 3. The lowest BCUT2D eigenvalue weighted by Crippen LogP contribution is -2.16. The van der Waals surface area contributed by atoms with Crippen molar-refractivity contribution in [2.75, 3.05) is 12.3 Å². The highest BCUT2D eigenvalue weighted by atomic mass is 32.5. The summed E-state index contributed by atoms with van der Waals surface area (Å²) in [6.07, 6.45) is 5.39. The molecule has 1 unspecified atom stereocenters. The fraction of sp³-hybridized carbons (Fsp3) is 0.364. The minimum atomic E-state index is -3.67. The van der Waals surface area contributed by atoms with Gasteiger partial charge in [0.15, 0.2) is 11.5 Å². The van der Waals surface area contributed by atoms with Gasteiger partial charge in [0, 0.05) is 6.42 Å². The van der Waals surface area contributed by atoms with Crippen molar-refractivity contribution in [2.24, 2.45) is 0 Å². The van der Waals surface area contributed by atoms with E-state index in [2.05, 4.69) is 26.8 Å². The number of anilines is 1. The molecule has 1 aliphatic heterocycles. The average Bonchev–Trinajstić information content (AvgIpc) is 3.05. The summed E-state index contributed by atoms with van der Waals surface area (Å²) >= 11 is 4.39. The van der Waals surface area contributed by atoms with Crippen molar-refractivity contribution in [3.63, 3.8) is 0 Å². The van der Waals surface area contributed by atoms with Crippen LogP contribution in [0.4, 0.5) is 5.82 Å². The Morgan fingerprint density at radius 2 is 2.27 bits per heavy atom. The zero-order valence-electron chi connectivity index (χ0n) is 11.4. The van der Waals surface area contributed by atoms with Crippen LogP contribution in [0.3, 0.4) is 0 Å². The molecule has 0 saturated heterocycles. The lowest BCUT2D eigenvalue weighted by Gasteiger charge is -2.15. The Hall–Kier alpha value is -1.58. The molecule has 3 heterocycles. The summed E-state index contributed by atoms with van der Waals surface area (Å²) in [5, 5.41) is 0. The van der Waals surface area contributed by atoms with Gasteiger partial charge in [0.25, 0.3) is 0 Å². The lowest BCUT2D eigenvalue weighted by atomic mass is 10.2. The third kappa shape index (κ3) is 3.42. The molecule has 0 amide bonds. The minimum Gasteiger partial charge on any atom is -0.490 e. The van der Waals surface area contributed by atoms with Gasteiger partial charge < -0.3 is 29.3 Å². The van der Waals surface area contributed by atoms with E-state index in [-0.39, 0.29) is 12.7 Å². The molecule has 118 valence electrons.